The highest BCUT2D eigenvalue weighted by Crippen LogP contribution is 2.39. The maximum atomic E-state index is 13.5. The molecule has 1 aliphatic heterocycles. The van der Waals surface area contributed by atoms with Crippen LogP contribution in [0.25, 0.3) is 10.9 Å². The van der Waals surface area contributed by atoms with E-state index >= 15 is 0 Å². The molecule has 2 aromatic carbocycles. The first-order chi connectivity index (χ1) is 21.2. The first kappa shape index (κ1) is 31.4. The maximum Gasteiger partial charge on any atom is 0.215 e. The normalized spacial score (nSPS) is 15.8. The number of ether oxygens (including phenoxy) is 3. The van der Waals surface area contributed by atoms with Crippen molar-refractivity contribution in [2.75, 3.05) is 18.5 Å². The van der Waals surface area contributed by atoms with E-state index < -0.39 is 15.9 Å². The number of halogens is 2. The summed E-state index contributed by atoms with van der Waals surface area (Å²) in [5, 5.41) is 4.46. The second-order valence-electron chi connectivity index (χ2n) is 10.7. The van der Waals surface area contributed by atoms with Crippen LogP contribution in [0, 0.1) is 11.7 Å². The zero-order valence-electron chi connectivity index (χ0n) is 24.3. The van der Waals surface area contributed by atoms with E-state index in [9.17, 15) is 12.8 Å². The van der Waals surface area contributed by atoms with Crippen LogP contribution in [-0.4, -0.2) is 41.4 Å². The molecule has 9 nitrogen and oxygen atoms in total. The average Bonchev–Trinajstić information content (AvgIpc) is 3.48. The molecule has 0 saturated carbocycles. The van der Waals surface area contributed by atoms with Crippen LogP contribution in [0.2, 0.25) is 5.02 Å². The largest absolute Gasteiger partial charge is 0.489 e. The second-order valence-corrected chi connectivity index (χ2v) is 12.1. The molecule has 230 valence electrons. The summed E-state index contributed by atoms with van der Waals surface area (Å²) in [4.78, 5) is 13.9. The van der Waals surface area contributed by atoms with Gasteiger partial charge in [-0.25, -0.2) is 14.4 Å². The summed E-state index contributed by atoms with van der Waals surface area (Å²) >= 11 is 6.51. The number of hydrogen-bond acceptors (Lipinski definition) is 9. The molecule has 0 aliphatic carbocycles. The Hall–Kier alpha value is -4.06. The summed E-state index contributed by atoms with van der Waals surface area (Å²) in [6, 6.07) is 13.4. The highest BCUT2D eigenvalue weighted by molar-refractivity contribution is 7.73. The molecule has 0 fully saturated rings. The van der Waals surface area contributed by atoms with Crippen molar-refractivity contribution in [2.45, 2.75) is 45.3 Å². The van der Waals surface area contributed by atoms with E-state index in [1.165, 1.54) is 18.5 Å². The van der Waals surface area contributed by atoms with Gasteiger partial charge in [-0.3, -0.25) is 4.98 Å². The summed E-state index contributed by atoms with van der Waals surface area (Å²) in [6.07, 6.45) is 8.67. The van der Waals surface area contributed by atoms with Gasteiger partial charge in [0, 0.05) is 24.1 Å². The number of nitrogens with zero attached hydrogens (tertiary/aromatic N) is 3. The van der Waals surface area contributed by atoms with Crippen LogP contribution in [0.5, 0.6) is 5.75 Å². The smallest absolute Gasteiger partial charge is 0.215 e. The van der Waals surface area contributed by atoms with Gasteiger partial charge in [-0.2, -0.15) is 8.42 Å². The number of pyridine rings is 1. The lowest BCUT2D eigenvalue weighted by atomic mass is 9.90. The standard InChI is InChI=1S/C32H32ClFN4O5S/c1-21(2)29(44(39)40)19-41-12-4-10-32(11-5-13-43-32)30-16-25-27(17-35-30)36-20-37-31(25)38-24-8-9-28(26(33)15-24)42-18-22-6-3-7-23(34)14-22/h3,5-9,13-17,20-21H,4,10-12,18-19H2,1-2H3,(H,36,37,38). The molecule has 0 amide bonds. The minimum absolute atomic E-state index is 0.0740. The van der Waals surface area contributed by atoms with Gasteiger partial charge in [-0.05, 0) is 66.8 Å². The average molecular weight is 639 g/mol. The quantitative estimate of drug-likeness (QED) is 0.125. The van der Waals surface area contributed by atoms with Crippen LogP contribution in [0.15, 0.2) is 73.4 Å². The second kappa shape index (κ2) is 14.1. The highest BCUT2D eigenvalue weighted by atomic mass is 35.5. The minimum atomic E-state index is -2.27. The van der Waals surface area contributed by atoms with Crippen molar-refractivity contribution < 1.29 is 27.0 Å². The first-order valence-corrected chi connectivity index (χ1v) is 15.6. The van der Waals surface area contributed by atoms with Gasteiger partial charge in [0.2, 0.25) is 10.3 Å². The fourth-order valence-corrected chi connectivity index (χ4v) is 5.69. The van der Waals surface area contributed by atoms with Crippen molar-refractivity contribution in [3.05, 3.63) is 95.5 Å². The zero-order valence-corrected chi connectivity index (χ0v) is 25.9. The fraction of sp³-hybridized carbons (Fsp3) is 0.312. The molecule has 0 bridgehead atoms. The first-order valence-electron chi connectivity index (χ1n) is 14.1. The predicted octanol–water partition coefficient (Wildman–Crippen LogP) is 6.77. The third-order valence-electron chi connectivity index (χ3n) is 7.28. The molecule has 4 aromatic rings. The molecule has 3 heterocycles. The van der Waals surface area contributed by atoms with E-state index in [0.29, 0.717) is 64.1 Å². The molecule has 1 N–H and O–H groups in total. The molecule has 1 aliphatic rings. The number of benzene rings is 2. The predicted molar refractivity (Wildman–Crippen MR) is 168 cm³/mol. The zero-order chi connectivity index (χ0) is 31.1. The Morgan fingerprint density at radius 3 is 2.75 bits per heavy atom. The minimum Gasteiger partial charge on any atom is -0.489 e. The van der Waals surface area contributed by atoms with Crippen LogP contribution < -0.4 is 10.1 Å². The van der Waals surface area contributed by atoms with E-state index in [2.05, 4.69) is 20.3 Å². The number of anilines is 2. The van der Waals surface area contributed by atoms with Gasteiger partial charge in [-0.1, -0.05) is 37.6 Å². The molecule has 5 rings (SSSR count). The summed E-state index contributed by atoms with van der Waals surface area (Å²) in [5.74, 6) is 0.601. The molecule has 12 heteroatoms. The Morgan fingerprint density at radius 2 is 2.02 bits per heavy atom. The van der Waals surface area contributed by atoms with E-state index in [4.69, 9.17) is 25.8 Å². The lowest BCUT2D eigenvalue weighted by Crippen LogP contribution is -2.27. The van der Waals surface area contributed by atoms with E-state index in [-0.39, 0.29) is 24.9 Å². The van der Waals surface area contributed by atoms with E-state index in [0.717, 1.165) is 11.1 Å². The van der Waals surface area contributed by atoms with Crippen molar-refractivity contribution in [3.8, 4) is 5.75 Å². The van der Waals surface area contributed by atoms with Crippen LogP contribution in [0.4, 0.5) is 15.9 Å². The lowest BCUT2D eigenvalue weighted by Gasteiger charge is -2.28. The van der Waals surface area contributed by atoms with Gasteiger partial charge in [0.1, 0.15) is 30.3 Å². The number of aromatic nitrogens is 3. The van der Waals surface area contributed by atoms with E-state index in [1.54, 1.807) is 36.7 Å². The van der Waals surface area contributed by atoms with Gasteiger partial charge < -0.3 is 19.5 Å². The van der Waals surface area contributed by atoms with Crippen LogP contribution in [-0.2, 0) is 32.0 Å². The van der Waals surface area contributed by atoms with Crippen molar-refractivity contribution in [3.63, 3.8) is 0 Å². The third-order valence-corrected chi connectivity index (χ3v) is 8.59. The van der Waals surface area contributed by atoms with Gasteiger partial charge in [0.05, 0.1) is 40.2 Å². The van der Waals surface area contributed by atoms with Gasteiger partial charge in [-0.15, -0.1) is 0 Å². The molecule has 1 atom stereocenters. The summed E-state index contributed by atoms with van der Waals surface area (Å²) in [6.45, 7) is 4.29. The Labute approximate surface area is 261 Å². The third kappa shape index (κ3) is 7.53. The lowest BCUT2D eigenvalue weighted by molar-refractivity contribution is 0.0185. The van der Waals surface area contributed by atoms with Crippen LogP contribution in [0.1, 0.15) is 44.4 Å². The van der Waals surface area contributed by atoms with Crippen molar-refractivity contribution >= 4 is 49.2 Å². The van der Waals surface area contributed by atoms with E-state index in [1.807, 2.05) is 32.1 Å². The summed E-state index contributed by atoms with van der Waals surface area (Å²) < 4.78 is 53.9. The molecule has 0 radical (unpaired) electrons. The van der Waals surface area contributed by atoms with Gasteiger partial charge >= 0.3 is 0 Å². The molecule has 44 heavy (non-hydrogen) atoms. The van der Waals surface area contributed by atoms with Crippen LogP contribution >= 0.6 is 11.6 Å². The molecular formula is C32H32ClFN4O5S. The number of fused-ring (bicyclic) bond motifs is 1. The van der Waals surface area contributed by atoms with Crippen molar-refractivity contribution in [1.29, 1.82) is 0 Å². The Morgan fingerprint density at radius 1 is 1.16 bits per heavy atom. The Kier molecular flexibility index (Phi) is 10.1. The summed E-state index contributed by atoms with van der Waals surface area (Å²) in [7, 11) is -2.27. The molecule has 1 unspecified atom stereocenters. The number of hydrogen-bond donors (Lipinski definition) is 1. The topological polar surface area (TPSA) is 113 Å². The van der Waals surface area contributed by atoms with Crippen LogP contribution in [0.3, 0.4) is 0 Å². The SMILES string of the molecule is CC(C)C(COCCCC1(c2cc3c(Nc4ccc(OCc5cccc(F)c5)c(Cl)c4)ncnc3cn2)CC=CO1)=S(=O)=O. The van der Waals surface area contributed by atoms with Gasteiger partial charge in [0.15, 0.2) is 5.60 Å². The molecule has 0 spiro atoms. The number of rotatable bonds is 13. The number of nitrogens with one attached hydrogen (secondary N) is 1. The summed E-state index contributed by atoms with van der Waals surface area (Å²) in [5.41, 5.74) is 2.07. The highest BCUT2D eigenvalue weighted by Gasteiger charge is 2.36. The fourth-order valence-electron chi connectivity index (χ4n) is 4.89. The Balaban J connectivity index is 1.29. The Bertz CT molecular complexity index is 1800. The monoisotopic (exact) mass is 638 g/mol. The molecule has 2 aromatic heterocycles. The molecule has 0 saturated heterocycles. The van der Waals surface area contributed by atoms with Crippen molar-refractivity contribution in [1.82, 2.24) is 15.0 Å². The maximum absolute atomic E-state index is 13.5. The van der Waals surface area contributed by atoms with Gasteiger partial charge in [0.25, 0.3) is 0 Å². The van der Waals surface area contributed by atoms with Crippen molar-refractivity contribution in [2.24, 2.45) is 5.92 Å². The molecular weight excluding hydrogens is 607 g/mol.